The van der Waals surface area contributed by atoms with Crippen LogP contribution in [0, 0.1) is 5.41 Å². The lowest BCUT2D eigenvalue weighted by Gasteiger charge is -2.52. The molecule has 210 valence electrons. The highest BCUT2D eigenvalue weighted by Crippen LogP contribution is 2.40. The standard InChI is InChI=1S/C30H35N5O5/c1-29(2)19-33(27(37)35-16-15-32(28(38)39)18-25(35)23-11-7-4-8-12-23)14-13-30(29,40)20-34-21-31-24(17-26(34)36)22-9-5-3-6-10-22/h3-12,17,21,25,40H,13-16,18-20H2,1-2H3,(H,38,39). The number of hydrogen-bond donors (Lipinski definition) is 2. The molecule has 0 radical (unpaired) electrons. The first-order chi connectivity index (χ1) is 19.1. The molecular weight excluding hydrogens is 510 g/mol. The fourth-order valence-corrected chi connectivity index (χ4v) is 5.74. The van der Waals surface area contributed by atoms with Crippen LogP contribution in [0.25, 0.3) is 11.3 Å². The molecule has 2 aromatic carbocycles. The third-order valence-corrected chi connectivity index (χ3v) is 8.37. The fraction of sp³-hybridized carbons (Fsp3) is 0.400. The number of aliphatic hydroxyl groups is 1. The van der Waals surface area contributed by atoms with Crippen LogP contribution in [0.3, 0.4) is 0 Å². The van der Waals surface area contributed by atoms with Gasteiger partial charge in [-0.2, -0.15) is 0 Å². The van der Waals surface area contributed by atoms with Crippen LogP contribution in [0.2, 0.25) is 0 Å². The van der Waals surface area contributed by atoms with Gasteiger partial charge in [0.1, 0.15) is 0 Å². The lowest BCUT2D eigenvalue weighted by Crippen LogP contribution is -2.63. The molecule has 0 aliphatic carbocycles. The average molecular weight is 546 g/mol. The van der Waals surface area contributed by atoms with Gasteiger partial charge >= 0.3 is 12.1 Å². The van der Waals surface area contributed by atoms with Crippen molar-refractivity contribution in [2.75, 3.05) is 32.7 Å². The predicted octanol–water partition coefficient (Wildman–Crippen LogP) is 3.53. The number of carbonyl (C=O) groups excluding carboxylic acids is 1. The molecule has 2 fully saturated rings. The van der Waals surface area contributed by atoms with E-state index in [4.69, 9.17) is 0 Å². The van der Waals surface area contributed by atoms with E-state index in [2.05, 4.69) is 4.98 Å². The zero-order valence-corrected chi connectivity index (χ0v) is 22.8. The first-order valence-corrected chi connectivity index (χ1v) is 13.5. The minimum absolute atomic E-state index is 0.0624. The van der Waals surface area contributed by atoms with Crippen LogP contribution in [0.1, 0.15) is 31.9 Å². The zero-order valence-electron chi connectivity index (χ0n) is 22.8. The number of piperidine rings is 1. The van der Waals surface area contributed by atoms with Crippen LogP contribution in [-0.4, -0.2) is 84.9 Å². The van der Waals surface area contributed by atoms with Crippen LogP contribution in [-0.2, 0) is 6.54 Å². The zero-order chi connectivity index (χ0) is 28.5. The number of hydrogen-bond acceptors (Lipinski definition) is 5. The van der Waals surface area contributed by atoms with Crippen molar-refractivity contribution in [3.8, 4) is 11.3 Å². The molecule has 0 saturated carbocycles. The molecule has 2 saturated heterocycles. The quantitative estimate of drug-likeness (QED) is 0.518. The van der Waals surface area contributed by atoms with E-state index in [1.807, 2.05) is 74.5 Å². The summed E-state index contributed by atoms with van der Waals surface area (Å²) in [6.45, 7) is 5.17. The Morgan fingerprint density at radius 1 is 0.975 bits per heavy atom. The Balaban J connectivity index is 1.32. The molecule has 10 heteroatoms. The van der Waals surface area contributed by atoms with Gasteiger partial charge in [0.15, 0.2) is 0 Å². The lowest BCUT2D eigenvalue weighted by molar-refractivity contribution is -0.123. The van der Waals surface area contributed by atoms with Crippen LogP contribution >= 0.6 is 0 Å². The summed E-state index contributed by atoms with van der Waals surface area (Å²) in [6.07, 6.45) is 0.755. The van der Waals surface area contributed by atoms with Crippen molar-refractivity contribution in [3.05, 3.63) is 89.0 Å². The number of urea groups is 1. The minimum atomic E-state index is -1.25. The molecule has 1 aromatic heterocycles. The van der Waals surface area contributed by atoms with Crippen molar-refractivity contribution in [1.82, 2.24) is 24.3 Å². The Morgan fingerprint density at radius 3 is 2.27 bits per heavy atom. The maximum atomic E-state index is 13.8. The highest BCUT2D eigenvalue weighted by Gasteiger charge is 2.50. The third-order valence-electron chi connectivity index (χ3n) is 8.37. The van der Waals surface area contributed by atoms with Crippen molar-refractivity contribution in [3.63, 3.8) is 0 Å². The summed E-state index contributed by atoms with van der Waals surface area (Å²) in [5.41, 5.74) is 0.0626. The second kappa shape index (κ2) is 10.8. The van der Waals surface area contributed by atoms with Gasteiger partial charge in [0.05, 0.1) is 30.2 Å². The summed E-state index contributed by atoms with van der Waals surface area (Å²) in [5.74, 6) is 0. The van der Waals surface area contributed by atoms with Crippen molar-refractivity contribution in [2.24, 2.45) is 5.41 Å². The molecule has 2 aliphatic rings. The summed E-state index contributed by atoms with van der Waals surface area (Å²) in [4.78, 5) is 47.8. The Labute approximate surface area is 233 Å². The summed E-state index contributed by atoms with van der Waals surface area (Å²) in [6, 6.07) is 19.8. The van der Waals surface area contributed by atoms with Gasteiger partial charge in [0.2, 0.25) is 0 Å². The van der Waals surface area contributed by atoms with E-state index in [-0.39, 0.29) is 50.7 Å². The highest BCUT2D eigenvalue weighted by molar-refractivity contribution is 5.76. The van der Waals surface area contributed by atoms with E-state index in [0.29, 0.717) is 12.2 Å². The van der Waals surface area contributed by atoms with Gasteiger partial charge in [-0.25, -0.2) is 14.6 Å². The molecule has 2 unspecified atom stereocenters. The van der Waals surface area contributed by atoms with Crippen molar-refractivity contribution in [1.29, 1.82) is 0 Å². The molecule has 0 spiro atoms. The van der Waals surface area contributed by atoms with Gasteiger partial charge in [-0.05, 0) is 12.0 Å². The Hall–Kier alpha value is -4.18. The number of carboxylic acid groups (broad SMARTS) is 1. The Bertz CT molecular complexity index is 1430. The molecule has 10 nitrogen and oxygen atoms in total. The van der Waals surface area contributed by atoms with E-state index in [1.54, 1.807) is 9.80 Å². The van der Waals surface area contributed by atoms with Crippen LogP contribution < -0.4 is 5.56 Å². The predicted molar refractivity (Wildman–Crippen MR) is 150 cm³/mol. The molecule has 2 aliphatic heterocycles. The molecule has 5 rings (SSSR count). The number of likely N-dealkylation sites (tertiary alicyclic amines) is 1. The molecule has 40 heavy (non-hydrogen) atoms. The van der Waals surface area contributed by atoms with E-state index in [1.165, 1.54) is 21.9 Å². The van der Waals surface area contributed by atoms with Gasteiger partial charge in [-0.1, -0.05) is 74.5 Å². The smallest absolute Gasteiger partial charge is 0.407 e. The van der Waals surface area contributed by atoms with Gasteiger partial charge in [0, 0.05) is 49.8 Å². The second-order valence-corrected chi connectivity index (χ2v) is 11.3. The molecule has 2 N–H and O–H groups in total. The summed E-state index contributed by atoms with van der Waals surface area (Å²) >= 11 is 0. The van der Waals surface area contributed by atoms with Crippen LogP contribution in [0.15, 0.2) is 77.9 Å². The van der Waals surface area contributed by atoms with Gasteiger partial charge in [-0.15, -0.1) is 0 Å². The van der Waals surface area contributed by atoms with E-state index in [0.717, 1.165) is 11.1 Å². The van der Waals surface area contributed by atoms with Crippen molar-refractivity contribution in [2.45, 2.75) is 38.5 Å². The summed E-state index contributed by atoms with van der Waals surface area (Å²) in [5, 5.41) is 21.4. The van der Waals surface area contributed by atoms with Crippen LogP contribution in [0.4, 0.5) is 9.59 Å². The molecule has 3 amide bonds. The largest absolute Gasteiger partial charge is 0.465 e. The number of nitrogens with zero attached hydrogens (tertiary/aromatic N) is 5. The topological polar surface area (TPSA) is 119 Å². The average Bonchev–Trinajstić information content (AvgIpc) is 2.96. The monoisotopic (exact) mass is 545 g/mol. The molecular formula is C30H35N5O5. The number of piperazine rings is 1. The Morgan fingerprint density at radius 2 is 1.65 bits per heavy atom. The third kappa shape index (κ3) is 5.31. The van der Waals surface area contributed by atoms with Gasteiger partial charge in [-0.3, -0.25) is 9.36 Å². The number of carbonyl (C=O) groups is 2. The number of aromatic nitrogens is 2. The highest BCUT2D eigenvalue weighted by atomic mass is 16.4. The Kier molecular flexibility index (Phi) is 7.37. The minimum Gasteiger partial charge on any atom is -0.465 e. The van der Waals surface area contributed by atoms with Crippen molar-refractivity contribution < 1.29 is 19.8 Å². The van der Waals surface area contributed by atoms with Crippen molar-refractivity contribution >= 4 is 12.1 Å². The van der Waals surface area contributed by atoms with E-state index in [9.17, 15) is 24.6 Å². The van der Waals surface area contributed by atoms with E-state index < -0.39 is 23.2 Å². The molecule has 3 aromatic rings. The number of amides is 3. The van der Waals surface area contributed by atoms with E-state index >= 15 is 0 Å². The maximum Gasteiger partial charge on any atom is 0.407 e. The molecule has 0 bridgehead atoms. The second-order valence-electron chi connectivity index (χ2n) is 11.3. The molecule has 3 heterocycles. The van der Waals surface area contributed by atoms with Gasteiger partial charge in [0.25, 0.3) is 5.56 Å². The molecule has 2 atom stereocenters. The normalized spacial score (nSPS) is 22.7. The van der Waals surface area contributed by atoms with Gasteiger partial charge < -0.3 is 24.9 Å². The maximum absolute atomic E-state index is 13.8. The SMILES string of the molecule is CC1(C)CN(C(=O)N2CCN(C(=O)O)CC2c2ccccc2)CCC1(O)Cn1cnc(-c2ccccc2)cc1=O. The van der Waals surface area contributed by atoms with Crippen LogP contribution in [0.5, 0.6) is 0 Å². The first-order valence-electron chi connectivity index (χ1n) is 13.5. The number of benzene rings is 2. The summed E-state index contributed by atoms with van der Waals surface area (Å²) < 4.78 is 1.43. The lowest BCUT2D eigenvalue weighted by atomic mass is 9.70. The summed E-state index contributed by atoms with van der Waals surface area (Å²) in [7, 11) is 0. The number of rotatable bonds is 4. The first kappa shape index (κ1) is 27.4. The fourth-order valence-electron chi connectivity index (χ4n) is 5.74.